The van der Waals surface area contributed by atoms with Gasteiger partial charge in [0.25, 0.3) is 0 Å². The molecular formula is C16H21N5O4. The number of rotatable bonds is 5. The number of anilines is 1. The van der Waals surface area contributed by atoms with Crippen molar-refractivity contribution in [2.24, 2.45) is 5.92 Å². The fraction of sp³-hybridized carbons (Fsp3) is 0.625. The van der Waals surface area contributed by atoms with Gasteiger partial charge in [-0.1, -0.05) is 9.61 Å². The Morgan fingerprint density at radius 2 is 2.16 bits per heavy atom. The fourth-order valence-electron chi connectivity index (χ4n) is 3.38. The van der Waals surface area contributed by atoms with Crippen molar-refractivity contribution in [3.8, 4) is 0 Å². The van der Waals surface area contributed by atoms with Gasteiger partial charge >= 0.3 is 5.82 Å². The normalized spacial score (nSPS) is 21.9. The Hall–Kier alpha value is -2.26. The van der Waals surface area contributed by atoms with E-state index in [1.165, 1.54) is 10.7 Å². The Bertz CT molecular complexity index is 750. The maximum absolute atomic E-state index is 11.1. The zero-order valence-corrected chi connectivity index (χ0v) is 13.9. The third kappa shape index (κ3) is 3.42. The van der Waals surface area contributed by atoms with Crippen molar-refractivity contribution >= 4 is 17.3 Å². The summed E-state index contributed by atoms with van der Waals surface area (Å²) in [6.45, 7) is 4.09. The van der Waals surface area contributed by atoms with Crippen LogP contribution in [0.3, 0.4) is 0 Å². The molecule has 134 valence electrons. The van der Waals surface area contributed by atoms with E-state index in [4.69, 9.17) is 9.47 Å². The van der Waals surface area contributed by atoms with Crippen LogP contribution in [0.4, 0.5) is 11.6 Å². The van der Waals surface area contributed by atoms with Crippen molar-refractivity contribution in [2.45, 2.75) is 25.4 Å². The van der Waals surface area contributed by atoms with Crippen LogP contribution in [0.25, 0.3) is 5.65 Å². The molecule has 1 unspecified atom stereocenters. The molecule has 2 aromatic heterocycles. The van der Waals surface area contributed by atoms with Gasteiger partial charge in [0.1, 0.15) is 6.20 Å². The number of aromatic nitrogens is 3. The van der Waals surface area contributed by atoms with Crippen molar-refractivity contribution in [3.05, 3.63) is 28.4 Å². The number of nitrogens with zero attached hydrogens (tertiary/aromatic N) is 5. The summed E-state index contributed by atoms with van der Waals surface area (Å²) in [6.07, 6.45) is 4.45. The minimum absolute atomic E-state index is 0.117. The van der Waals surface area contributed by atoms with E-state index >= 15 is 0 Å². The molecule has 0 bridgehead atoms. The minimum Gasteiger partial charge on any atom is -0.381 e. The molecule has 9 heteroatoms. The summed E-state index contributed by atoms with van der Waals surface area (Å²) in [7, 11) is 0. The van der Waals surface area contributed by atoms with Crippen LogP contribution in [0.2, 0.25) is 0 Å². The van der Waals surface area contributed by atoms with E-state index in [0.717, 1.165) is 58.0 Å². The average Bonchev–Trinajstić information content (AvgIpc) is 3.29. The van der Waals surface area contributed by atoms with Gasteiger partial charge in [-0.2, -0.15) is 0 Å². The van der Waals surface area contributed by atoms with E-state index in [1.807, 2.05) is 6.07 Å². The molecule has 2 fully saturated rings. The number of imidazole rings is 1. The predicted octanol–water partition coefficient (Wildman–Crippen LogP) is 1.66. The summed E-state index contributed by atoms with van der Waals surface area (Å²) in [5, 5.41) is 15.4. The molecule has 4 rings (SSSR count). The lowest BCUT2D eigenvalue weighted by atomic mass is 10.1. The largest absolute Gasteiger partial charge is 0.381 e. The molecule has 2 saturated heterocycles. The Morgan fingerprint density at radius 1 is 1.32 bits per heavy atom. The highest BCUT2D eigenvalue weighted by atomic mass is 16.6. The Labute approximate surface area is 144 Å². The predicted molar refractivity (Wildman–Crippen MR) is 89.8 cm³/mol. The summed E-state index contributed by atoms with van der Waals surface area (Å²) in [5.41, 5.74) is 0.479. The highest BCUT2D eigenvalue weighted by molar-refractivity contribution is 5.49. The monoisotopic (exact) mass is 347 g/mol. The van der Waals surface area contributed by atoms with E-state index in [-0.39, 0.29) is 11.9 Å². The summed E-state index contributed by atoms with van der Waals surface area (Å²) in [5.74, 6) is 1.15. The fourth-order valence-corrected chi connectivity index (χ4v) is 3.38. The van der Waals surface area contributed by atoms with Crippen LogP contribution in [0.5, 0.6) is 0 Å². The Morgan fingerprint density at radius 3 is 2.88 bits per heavy atom. The van der Waals surface area contributed by atoms with Gasteiger partial charge in [0.05, 0.1) is 19.3 Å². The topological polar surface area (TPSA) is 95.0 Å². The van der Waals surface area contributed by atoms with Gasteiger partial charge in [0.2, 0.25) is 5.65 Å². The molecule has 0 aromatic carbocycles. The second-order valence-electron chi connectivity index (χ2n) is 6.58. The molecule has 2 aliphatic rings. The van der Waals surface area contributed by atoms with Crippen LogP contribution in [0.1, 0.15) is 19.3 Å². The lowest BCUT2D eigenvalue weighted by Crippen LogP contribution is -2.38. The molecule has 1 atom stereocenters. The molecule has 9 nitrogen and oxygen atoms in total. The van der Waals surface area contributed by atoms with Crippen molar-refractivity contribution in [1.82, 2.24) is 14.6 Å². The molecule has 2 aromatic rings. The van der Waals surface area contributed by atoms with Gasteiger partial charge in [-0.15, -0.1) is 0 Å². The highest BCUT2D eigenvalue weighted by Gasteiger charge is 2.25. The number of hydrogen-bond donors (Lipinski definition) is 0. The molecule has 0 N–H and O–H groups in total. The number of hydrogen-bond acceptors (Lipinski definition) is 7. The third-order valence-electron chi connectivity index (χ3n) is 4.87. The molecule has 0 spiro atoms. The molecule has 0 aliphatic carbocycles. The lowest BCUT2D eigenvalue weighted by molar-refractivity contribution is -0.391. The van der Waals surface area contributed by atoms with Crippen molar-refractivity contribution < 1.29 is 14.4 Å². The van der Waals surface area contributed by atoms with Crippen molar-refractivity contribution in [3.63, 3.8) is 0 Å². The van der Waals surface area contributed by atoms with Gasteiger partial charge in [0.15, 0.2) is 5.82 Å². The minimum atomic E-state index is -0.469. The van der Waals surface area contributed by atoms with Crippen LogP contribution in [-0.2, 0) is 9.47 Å². The second kappa shape index (κ2) is 6.93. The molecule has 4 heterocycles. The van der Waals surface area contributed by atoms with Gasteiger partial charge in [-0.3, -0.25) is 0 Å². The summed E-state index contributed by atoms with van der Waals surface area (Å²) in [4.78, 5) is 16.7. The van der Waals surface area contributed by atoms with Crippen LogP contribution in [0.15, 0.2) is 18.3 Å². The smallest absolute Gasteiger partial charge is 0.368 e. The first-order valence-electron chi connectivity index (χ1n) is 8.64. The second-order valence-corrected chi connectivity index (χ2v) is 6.58. The number of ether oxygens (including phenoxy) is 2. The first-order valence-corrected chi connectivity index (χ1v) is 8.64. The van der Waals surface area contributed by atoms with Crippen LogP contribution in [0, 0.1) is 16.0 Å². The third-order valence-corrected chi connectivity index (χ3v) is 4.87. The summed E-state index contributed by atoms with van der Waals surface area (Å²) in [6, 6.07) is 3.63. The maximum Gasteiger partial charge on any atom is 0.368 e. The standard InChI is InChI=1S/C16H21N5O4/c22-21(23)16-9-17-14-1-2-15(18-20(14)16)19-6-3-13(4-7-19)25-11-12-5-8-24-10-12/h1-2,9,12-13H,3-8,10-11H2. The Balaban J connectivity index is 1.37. The number of piperidine rings is 1. The van der Waals surface area contributed by atoms with E-state index in [9.17, 15) is 10.1 Å². The first-order chi connectivity index (χ1) is 12.2. The lowest BCUT2D eigenvalue weighted by Gasteiger charge is -2.32. The Kier molecular flexibility index (Phi) is 4.50. The summed E-state index contributed by atoms with van der Waals surface area (Å²) < 4.78 is 12.7. The maximum atomic E-state index is 11.1. The van der Waals surface area contributed by atoms with E-state index in [2.05, 4.69) is 15.0 Å². The van der Waals surface area contributed by atoms with Crippen LogP contribution in [-0.4, -0.2) is 58.5 Å². The van der Waals surface area contributed by atoms with E-state index in [1.54, 1.807) is 6.07 Å². The molecule has 25 heavy (non-hydrogen) atoms. The van der Waals surface area contributed by atoms with Crippen LogP contribution < -0.4 is 4.90 Å². The number of fused-ring (bicyclic) bond motifs is 1. The van der Waals surface area contributed by atoms with Crippen molar-refractivity contribution in [2.75, 3.05) is 37.8 Å². The molecule has 2 aliphatic heterocycles. The molecule has 0 amide bonds. The number of nitro groups is 1. The molecule has 0 saturated carbocycles. The van der Waals surface area contributed by atoms with E-state index in [0.29, 0.717) is 11.6 Å². The van der Waals surface area contributed by atoms with Gasteiger partial charge in [-0.05, 0) is 30.3 Å². The average molecular weight is 347 g/mol. The molecule has 0 radical (unpaired) electrons. The zero-order valence-electron chi connectivity index (χ0n) is 13.9. The quantitative estimate of drug-likeness (QED) is 0.599. The van der Waals surface area contributed by atoms with Gasteiger partial charge in [0, 0.05) is 31.7 Å². The highest BCUT2D eigenvalue weighted by Crippen LogP contribution is 2.23. The molecular weight excluding hydrogens is 326 g/mol. The van der Waals surface area contributed by atoms with E-state index < -0.39 is 4.92 Å². The van der Waals surface area contributed by atoms with Crippen LogP contribution >= 0.6 is 0 Å². The zero-order chi connectivity index (χ0) is 17.2. The van der Waals surface area contributed by atoms with Gasteiger partial charge in [-0.25, -0.2) is 4.98 Å². The van der Waals surface area contributed by atoms with Crippen molar-refractivity contribution in [1.29, 1.82) is 0 Å². The van der Waals surface area contributed by atoms with Gasteiger partial charge < -0.3 is 24.5 Å². The SMILES string of the molecule is O=[N+]([O-])c1cnc2ccc(N3CCC(OCC4CCOC4)CC3)nn12. The first kappa shape index (κ1) is 16.2. The summed E-state index contributed by atoms with van der Waals surface area (Å²) >= 11 is 0.